The van der Waals surface area contributed by atoms with Gasteiger partial charge in [0.1, 0.15) is 5.01 Å². The van der Waals surface area contributed by atoms with Gasteiger partial charge in [0.25, 0.3) is 0 Å². The average molecular weight is 326 g/mol. The third kappa shape index (κ3) is 3.93. The van der Waals surface area contributed by atoms with Crippen molar-refractivity contribution in [3.63, 3.8) is 0 Å². The van der Waals surface area contributed by atoms with E-state index >= 15 is 0 Å². The summed E-state index contributed by atoms with van der Waals surface area (Å²) in [5.74, 6) is -1.09. The lowest BCUT2D eigenvalue weighted by Gasteiger charge is -2.13. The van der Waals surface area contributed by atoms with Gasteiger partial charge in [-0.15, -0.1) is 11.3 Å². The summed E-state index contributed by atoms with van der Waals surface area (Å²) in [5.41, 5.74) is 0.281. The van der Waals surface area contributed by atoms with Crippen molar-refractivity contribution in [3.8, 4) is 0 Å². The Morgan fingerprint density at radius 2 is 2.19 bits per heavy atom. The van der Waals surface area contributed by atoms with Crippen molar-refractivity contribution in [1.29, 1.82) is 0 Å². The molecule has 2 rings (SSSR count). The third-order valence-electron chi connectivity index (χ3n) is 2.63. The van der Waals surface area contributed by atoms with E-state index in [1.165, 1.54) is 29.5 Å². The molecule has 0 saturated carbocycles. The lowest BCUT2D eigenvalue weighted by molar-refractivity contribution is 0.0697. The molecule has 0 fully saturated rings. The highest BCUT2D eigenvalue weighted by Crippen LogP contribution is 2.23. The number of carbonyl (C=O) groups is 2. The number of carboxylic acid groups (broad SMARTS) is 1. The molecule has 110 valence electrons. The number of nitrogens with zero attached hydrogens (tertiary/aromatic N) is 1. The van der Waals surface area contributed by atoms with Gasteiger partial charge < -0.3 is 15.7 Å². The predicted molar refractivity (Wildman–Crippen MR) is 81.1 cm³/mol. The summed E-state index contributed by atoms with van der Waals surface area (Å²) in [4.78, 5) is 26.9. The van der Waals surface area contributed by atoms with Crippen molar-refractivity contribution >= 4 is 40.6 Å². The molecule has 0 radical (unpaired) electrons. The molecule has 1 aromatic carbocycles. The van der Waals surface area contributed by atoms with Gasteiger partial charge >= 0.3 is 12.0 Å². The Morgan fingerprint density at radius 3 is 2.81 bits per heavy atom. The Kier molecular flexibility index (Phi) is 4.77. The van der Waals surface area contributed by atoms with Gasteiger partial charge in [-0.3, -0.25) is 0 Å². The number of aromatic carboxylic acids is 1. The minimum atomic E-state index is -1.09. The maximum absolute atomic E-state index is 11.9. The molecule has 8 heteroatoms. The van der Waals surface area contributed by atoms with E-state index in [1.54, 1.807) is 13.1 Å². The fourth-order valence-corrected chi connectivity index (χ4v) is 2.43. The summed E-state index contributed by atoms with van der Waals surface area (Å²) >= 11 is 7.37. The molecule has 1 heterocycles. The Labute approximate surface area is 129 Å². The number of anilines is 1. The Bertz CT molecular complexity index is 661. The second-order valence-electron chi connectivity index (χ2n) is 4.19. The van der Waals surface area contributed by atoms with Crippen LogP contribution in [-0.2, 0) is 0 Å². The lowest BCUT2D eigenvalue weighted by Crippen LogP contribution is -2.31. The number of nitrogens with one attached hydrogen (secondary N) is 2. The van der Waals surface area contributed by atoms with Crippen molar-refractivity contribution < 1.29 is 14.7 Å². The SMILES string of the molecule is CC(NC(=O)Nc1cc(C(=O)O)ccc1Cl)c1nccs1. The number of rotatable bonds is 4. The van der Waals surface area contributed by atoms with Crippen LogP contribution < -0.4 is 10.6 Å². The van der Waals surface area contributed by atoms with Crippen molar-refractivity contribution in [1.82, 2.24) is 10.3 Å². The monoisotopic (exact) mass is 325 g/mol. The van der Waals surface area contributed by atoms with Crippen LogP contribution in [0.2, 0.25) is 5.02 Å². The van der Waals surface area contributed by atoms with E-state index in [0.29, 0.717) is 0 Å². The van der Waals surface area contributed by atoms with Crippen LogP contribution in [0, 0.1) is 0 Å². The van der Waals surface area contributed by atoms with E-state index in [1.807, 2.05) is 5.38 Å². The predicted octanol–water partition coefficient (Wildman–Crippen LogP) is 3.38. The molecule has 0 aliphatic heterocycles. The van der Waals surface area contributed by atoms with Gasteiger partial charge in [-0.05, 0) is 25.1 Å². The van der Waals surface area contributed by atoms with E-state index < -0.39 is 12.0 Å². The molecule has 3 N–H and O–H groups in total. The van der Waals surface area contributed by atoms with E-state index in [9.17, 15) is 9.59 Å². The molecule has 21 heavy (non-hydrogen) atoms. The van der Waals surface area contributed by atoms with Crippen molar-refractivity contribution in [2.75, 3.05) is 5.32 Å². The minimum Gasteiger partial charge on any atom is -0.478 e. The smallest absolute Gasteiger partial charge is 0.335 e. The molecular formula is C13H12ClN3O3S. The largest absolute Gasteiger partial charge is 0.478 e. The number of benzene rings is 1. The number of carbonyl (C=O) groups excluding carboxylic acids is 1. The van der Waals surface area contributed by atoms with Crippen LogP contribution in [-0.4, -0.2) is 22.1 Å². The second-order valence-corrected chi connectivity index (χ2v) is 5.52. The van der Waals surface area contributed by atoms with Crippen molar-refractivity contribution in [2.45, 2.75) is 13.0 Å². The van der Waals surface area contributed by atoms with Crippen LogP contribution in [0.25, 0.3) is 0 Å². The van der Waals surface area contributed by atoms with Crippen LogP contribution in [0.4, 0.5) is 10.5 Å². The van der Waals surface area contributed by atoms with Crippen LogP contribution in [0.3, 0.4) is 0 Å². The number of urea groups is 1. The highest BCUT2D eigenvalue weighted by Gasteiger charge is 2.14. The first-order chi connectivity index (χ1) is 9.97. The van der Waals surface area contributed by atoms with E-state index in [2.05, 4.69) is 15.6 Å². The molecule has 0 spiro atoms. The number of halogens is 1. The van der Waals surface area contributed by atoms with Gasteiger partial charge in [-0.1, -0.05) is 11.6 Å². The van der Waals surface area contributed by atoms with Crippen LogP contribution >= 0.6 is 22.9 Å². The third-order valence-corrected chi connectivity index (χ3v) is 3.92. The second kappa shape index (κ2) is 6.55. The van der Waals surface area contributed by atoms with Crippen LogP contribution in [0.15, 0.2) is 29.8 Å². The summed E-state index contributed by atoms with van der Waals surface area (Å²) in [6, 6.07) is 3.35. The molecule has 2 amide bonds. The van der Waals surface area contributed by atoms with Gasteiger partial charge in [0.05, 0.1) is 22.3 Å². The molecule has 1 unspecified atom stereocenters. The van der Waals surface area contributed by atoms with E-state index in [4.69, 9.17) is 16.7 Å². The molecule has 6 nitrogen and oxygen atoms in total. The van der Waals surface area contributed by atoms with Crippen LogP contribution in [0.5, 0.6) is 0 Å². The quantitative estimate of drug-likeness (QED) is 0.803. The highest BCUT2D eigenvalue weighted by molar-refractivity contribution is 7.09. The minimum absolute atomic E-state index is 0.0441. The van der Waals surface area contributed by atoms with Gasteiger partial charge in [-0.2, -0.15) is 0 Å². The molecule has 0 bridgehead atoms. The topological polar surface area (TPSA) is 91.3 Å². The van der Waals surface area contributed by atoms with Crippen LogP contribution in [0.1, 0.15) is 28.3 Å². The zero-order valence-corrected chi connectivity index (χ0v) is 12.5. The first-order valence-corrected chi connectivity index (χ1v) is 7.23. The van der Waals surface area contributed by atoms with E-state index in [0.717, 1.165) is 5.01 Å². The Balaban J connectivity index is 2.05. The number of aromatic nitrogens is 1. The number of amides is 2. The molecule has 1 atom stereocenters. The summed E-state index contributed by atoms with van der Waals surface area (Å²) < 4.78 is 0. The summed E-state index contributed by atoms with van der Waals surface area (Å²) in [6.07, 6.45) is 1.66. The highest BCUT2D eigenvalue weighted by atomic mass is 35.5. The lowest BCUT2D eigenvalue weighted by atomic mass is 10.2. The summed E-state index contributed by atoms with van der Waals surface area (Å²) in [6.45, 7) is 1.80. The van der Waals surface area contributed by atoms with Crippen molar-refractivity contribution in [3.05, 3.63) is 45.4 Å². The molecule has 0 aliphatic rings. The van der Waals surface area contributed by atoms with Crippen molar-refractivity contribution in [2.24, 2.45) is 0 Å². The molecule has 2 aromatic rings. The van der Waals surface area contributed by atoms with E-state index in [-0.39, 0.29) is 22.3 Å². The zero-order valence-electron chi connectivity index (χ0n) is 11.0. The fraction of sp³-hybridized carbons (Fsp3) is 0.154. The molecule has 0 saturated heterocycles. The van der Waals surface area contributed by atoms with Gasteiger partial charge in [-0.25, -0.2) is 14.6 Å². The number of hydrogen-bond acceptors (Lipinski definition) is 4. The first kappa shape index (κ1) is 15.3. The first-order valence-electron chi connectivity index (χ1n) is 5.97. The van der Waals surface area contributed by atoms with Gasteiger partial charge in [0.2, 0.25) is 0 Å². The number of thiazole rings is 1. The maximum atomic E-state index is 11.9. The Morgan fingerprint density at radius 1 is 1.43 bits per heavy atom. The molecule has 1 aromatic heterocycles. The van der Waals surface area contributed by atoms with Gasteiger partial charge in [0, 0.05) is 11.6 Å². The molecule has 0 aliphatic carbocycles. The van der Waals surface area contributed by atoms with Gasteiger partial charge in [0.15, 0.2) is 0 Å². The standard InChI is InChI=1S/C13H12ClN3O3S/c1-7(11-15-4-5-21-11)16-13(20)17-10-6-8(12(18)19)2-3-9(10)14/h2-7H,1H3,(H,18,19)(H2,16,17,20). The normalized spacial score (nSPS) is 11.7. The summed E-state index contributed by atoms with van der Waals surface area (Å²) in [5, 5.41) is 17.0. The average Bonchev–Trinajstić information content (AvgIpc) is 2.95. The molecular weight excluding hydrogens is 314 g/mol. The zero-order chi connectivity index (χ0) is 15.4. The Hall–Kier alpha value is -2.12. The number of hydrogen-bond donors (Lipinski definition) is 3. The maximum Gasteiger partial charge on any atom is 0.335 e. The fourth-order valence-electron chi connectivity index (χ4n) is 1.62. The summed E-state index contributed by atoms with van der Waals surface area (Å²) in [7, 11) is 0. The number of carboxylic acids is 1.